The molecule has 3 aliphatic rings. The van der Waals surface area contributed by atoms with Gasteiger partial charge in [-0.25, -0.2) is 0 Å². The zero-order valence-electron chi connectivity index (χ0n) is 15.6. The van der Waals surface area contributed by atoms with Gasteiger partial charge in [-0.15, -0.1) is 0 Å². The summed E-state index contributed by atoms with van der Waals surface area (Å²) in [6, 6.07) is 5.56. The molecule has 4 unspecified atom stereocenters. The molecule has 7 nitrogen and oxygen atoms in total. The van der Waals surface area contributed by atoms with Gasteiger partial charge < -0.3 is 10.6 Å². The molecule has 0 aromatic heterocycles. The number of carbonyl (C=O) groups is 4. The fourth-order valence-electron chi connectivity index (χ4n) is 4.52. The highest BCUT2D eigenvalue weighted by Gasteiger charge is 2.59. The van der Waals surface area contributed by atoms with Crippen LogP contribution in [0.4, 0.5) is 18.9 Å². The van der Waals surface area contributed by atoms with E-state index >= 15 is 0 Å². The lowest BCUT2D eigenvalue weighted by molar-refractivity contribution is -0.143. The van der Waals surface area contributed by atoms with Crippen molar-refractivity contribution in [2.45, 2.75) is 12.6 Å². The molecule has 10 heteroatoms. The van der Waals surface area contributed by atoms with E-state index in [1.807, 2.05) is 12.2 Å². The lowest BCUT2D eigenvalue weighted by atomic mass is 9.85. The van der Waals surface area contributed by atoms with Crippen LogP contribution in [0.2, 0.25) is 0 Å². The molecule has 2 bridgehead atoms. The maximum atomic E-state index is 12.7. The number of nitrogens with zero attached hydrogens (tertiary/aromatic N) is 1. The third kappa shape index (κ3) is 3.57. The van der Waals surface area contributed by atoms with Gasteiger partial charge in [-0.3, -0.25) is 24.1 Å². The zero-order chi connectivity index (χ0) is 21.6. The molecule has 4 amide bonds. The van der Waals surface area contributed by atoms with Crippen molar-refractivity contribution in [3.8, 4) is 0 Å². The van der Waals surface area contributed by atoms with Crippen molar-refractivity contribution in [1.82, 2.24) is 10.2 Å². The van der Waals surface area contributed by atoms with E-state index < -0.39 is 42.9 Å². The number of para-hydroxylation sites is 1. The summed E-state index contributed by atoms with van der Waals surface area (Å²) in [5, 5.41) is 4.16. The SMILES string of the molecule is O=C(CN1C(=O)C2C3C=CC(C3)C2C1=O)Nc1ccccc1C(=O)NCC(F)(F)F. The van der Waals surface area contributed by atoms with Gasteiger partial charge >= 0.3 is 6.18 Å². The molecule has 1 saturated heterocycles. The molecular formula is C20H18F3N3O4. The predicted octanol–water partition coefficient (Wildman–Crippen LogP) is 1.72. The van der Waals surface area contributed by atoms with Crippen molar-refractivity contribution in [3.05, 3.63) is 42.0 Å². The number of carbonyl (C=O) groups excluding carboxylic acids is 4. The van der Waals surface area contributed by atoms with Crippen LogP contribution in [0.1, 0.15) is 16.8 Å². The number of allylic oxidation sites excluding steroid dienone is 2. The first-order chi connectivity index (χ1) is 14.2. The van der Waals surface area contributed by atoms with Crippen LogP contribution in [0.25, 0.3) is 0 Å². The normalized spacial score (nSPS) is 26.8. The number of anilines is 1. The third-order valence-corrected chi connectivity index (χ3v) is 5.76. The number of hydrogen-bond donors (Lipinski definition) is 2. The quantitative estimate of drug-likeness (QED) is 0.559. The second kappa shape index (κ2) is 7.26. The summed E-state index contributed by atoms with van der Waals surface area (Å²) in [6.07, 6.45) is 0.0801. The molecule has 1 aliphatic heterocycles. The largest absolute Gasteiger partial charge is 0.405 e. The fourth-order valence-corrected chi connectivity index (χ4v) is 4.52. The van der Waals surface area contributed by atoms with Gasteiger partial charge in [-0.2, -0.15) is 13.2 Å². The van der Waals surface area contributed by atoms with Gasteiger partial charge in [0, 0.05) is 0 Å². The van der Waals surface area contributed by atoms with Gasteiger partial charge in [-0.05, 0) is 30.4 Å². The van der Waals surface area contributed by atoms with Gasteiger partial charge in [0.2, 0.25) is 17.7 Å². The summed E-state index contributed by atoms with van der Waals surface area (Å²) in [5.74, 6) is -3.31. The highest BCUT2D eigenvalue weighted by Crippen LogP contribution is 2.52. The van der Waals surface area contributed by atoms with Crippen LogP contribution in [0.3, 0.4) is 0 Å². The number of rotatable bonds is 5. The van der Waals surface area contributed by atoms with Gasteiger partial charge in [0.25, 0.3) is 5.91 Å². The summed E-state index contributed by atoms with van der Waals surface area (Å²) < 4.78 is 37.0. The number of fused-ring (bicyclic) bond motifs is 5. The molecule has 2 aliphatic carbocycles. The standard InChI is InChI=1S/C20H18F3N3O4/c21-20(22,23)9-24-17(28)12-3-1-2-4-13(12)25-14(27)8-26-18(29)15-10-5-6-11(7-10)16(15)19(26)30/h1-6,10-11,15-16H,7-9H2,(H,24,28)(H,25,27). The Balaban J connectivity index is 1.42. The maximum Gasteiger partial charge on any atom is 0.405 e. The Bertz CT molecular complexity index is 929. The van der Waals surface area contributed by atoms with Crippen LogP contribution < -0.4 is 10.6 Å². The van der Waals surface area contributed by atoms with Gasteiger partial charge in [-0.1, -0.05) is 24.3 Å². The number of hydrogen-bond acceptors (Lipinski definition) is 4. The van der Waals surface area contributed by atoms with Crippen molar-refractivity contribution in [1.29, 1.82) is 0 Å². The summed E-state index contributed by atoms with van der Waals surface area (Å²) in [6.45, 7) is -2.02. The Morgan fingerprint density at radius 1 is 1.03 bits per heavy atom. The van der Waals surface area contributed by atoms with E-state index in [-0.39, 0.29) is 34.9 Å². The monoisotopic (exact) mass is 421 g/mol. The van der Waals surface area contributed by atoms with Crippen molar-refractivity contribution < 1.29 is 32.3 Å². The Hall–Kier alpha value is -3.17. The number of nitrogens with one attached hydrogen (secondary N) is 2. The predicted molar refractivity (Wildman–Crippen MR) is 97.9 cm³/mol. The first kappa shape index (κ1) is 20.1. The second-order valence-electron chi connectivity index (χ2n) is 7.65. The maximum absolute atomic E-state index is 12.7. The van der Waals surface area contributed by atoms with E-state index in [1.165, 1.54) is 24.3 Å². The third-order valence-electron chi connectivity index (χ3n) is 5.76. The van der Waals surface area contributed by atoms with Crippen molar-refractivity contribution in [2.75, 3.05) is 18.4 Å². The molecule has 0 radical (unpaired) electrons. The van der Waals surface area contributed by atoms with E-state index in [4.69, 9.17) is 0 Å². The van der Waals surface area contributed by atoms with Crippen LogP contribution in [0.15, 0.2) is 36.4 Å². The number of likely N-dealkylation sites (tertiary alicyclic amines) is 1. The first-order valence-electron chi connectivity index (χ1n) is 9.43. The minimum absolute atomic E-state index is 0.0109. The molecule has 0 spiro atoms. The molecule has 30 heavy (non-hydrogen) atoms. The number of amides is 4. The zero-order valence-corrected chi connectivity index (χ0v) is 15.6. The van der Waals surface area contributed by atoms with E-state index in [2.05, 4.69) is 5.32 Å². The van der Waals surface area contributed by atoms with Crippen molar-refractivity contribution >= 4 is 29.3 Å². The van der Waals surface area contributed by atoms with E-state index in [1.54, 1.807) is 5.32 Å². The Kier molecular flexibility index (Phi) is 4.87. The molecule has 4 rings (SSSR count). The number of benzene rings is 1. The van der Waals surface area contributed by atoms with Gasteiger partial charge in [0.1, 0.15) is 13.1 Å². The minimum Gasteiger partial charge on any atom is -0.343 e. The molecule has 1 heterocycles. The van der Waals surface area contributed by atoms with E-state index in [9.17, 15) is 32.3 Å². The topological polar surface area (TPSA) is 95.6 Å². The number of halogens is 3. The molecule has 2 N–H and O–H groups in total. The number of imide groups is 1. The second-order valence-corrected chi connectivity index (χ2v) is 7.65. The minimum atomic E-state index is -4.57. The Labute approximate surface area is 169 Å². The summed E-state index contributed by atoms with van der Waals surface area (Å²) in [4.78, 5) is 50.8. The lowest BCUT2D eigenvalue weighted by Crippen LogP contribution is -2.39. The summed E-state index contributed by atoms with van der Waals surface area (Å²) in [5.41, 5.74) is -0.170. The molecule has 158 valence electrons. The van der Waals surface area contributed by atoms with Crippen LogP contribution in [0.5, 0.6) is 0 Å². The lowest BCUT2D eigenvalue weighted by Gasteiger charge is -2.17. The highest BCUT2D eigenvalue weighted by atomic mass is 19.4. The average molecular weight is 421 g/mol. The van der Waals surface area contributed by atoms with Crippen LogP contribution in [-0.4, -0.2) is 47.8 Å². The van der Waals surface area contributed by atoms with E-state index in [0.29, 0.717) is 0 Å². The summed E-state index contributed by atoms with van der Waals surface area (Å²) >= 11 is 0. The Morgan fingerprint density at radius 2 is 1.63 bits per heavy atom. The number of alkyl halides is 3. The van der Waals surface area contributed by atoms with Crippen LogP contribution >= 0.6 is 0 Å². The molecule has 4 atom stereocenters. The summed E-state index contributed by atoms with van der Waals surface area (Å²) in [7, 11) is 0. The van der Waals surface area contributed by atoms with Crippen LogP contribution in [0, 0.1) is 23.7 Å². The average Bonchev–Trinajstić information content (AvgIpc) is 3.36. The fraction of sp³-hybridized carbons (Fsp3) is 0.400. The molecular weight excluding hydrogens is 403 g/mol. The molecule has 1 aromatic carbocycles. The van der Waals surface area contributed by atoms with Crippen molar-refractivity contribution in [2.24, 2.45) is 23.7 Å². The molecule has 1 aromatic rings. The highest BCUT2D eigenvalue weighted by molar-refractivity contribution is 6.10. The Morgan fingerprint density at radius 3 is 2.23 bits per heavy atom. The van der Waals surface area contributed by atoms with Gasteiger partial charge in [0.15, 0.2) is 0 Å². The van der Waals surface area contributed by atoms with Crippen LogP contribution in [-0.2, 0) is 14.4 Å². The molecule has 2 fully saturated rings. The first-order valence-corrected chi connectivity index (χ1v) is 9.43. The van der Waals surface area contributed by atoms with Gasteiger partial charge in [0.05, 0.1) is 23.1 Å². The molecule has 1 saturated carbocycles. The van der Waals surface area contributed by atoms with Crippen molar-refractivity contribution in [3.63, 3.8) is 0 Å². The van der Waals surface area contributed by atoms with E-state index in [0.717, 1.165) is 11.3 Å². The smallest absolute Gasteiger partial charge is 0.343 e.